The minimum Gasteiger partial charge on any atom is -0.475 e. The second kappa shape index (κ2) is 12.9. The van der Waals surface area contributed by atoms with Crippen LogP contribution in [0, 0.1) is 11.6 Å². The zero-order chi connectivity index (χ0) is 32.2. The van der Waals surface area contributed by atoms with E-state index in [9.17, 15) is 30.4 Å². The van der Waals surface area contributed by atoms with Crippen LogP contribution < -0.4 is 19.8 Å². The summed E-state index contributed by atoms with van der Waals surface area (Å²) in [6, 6.07) is 9.67. The van der Waals surface area contributed by atoms with Gasteiger partial charge < -0.3 is 20.2 Å². The van der Waals surface area contributed by atoms with E-state index in [2.05, 4.69) is 29.9 Å². The Morgan fingerprint density at radius 1 is 1.00 bits per heavy atom. The SMILES string of the molecule is CN(C)c1ncc(-c2ccc3ncnc(N4CCNCC4)c3c2)cc1NS(=O)(=O)c1ccc(F)cc1F.O=C(O)C(F)(F)F. The summed E-state index contributed by atoms with van der Waals surface area (Å²) in [6.45, 7) is 3.36. The Labute approximate surface area is 248 Å². The first-order chi connectivity index (χ1) is 20.7. The average molecular weight is 640 g/mol. The molecule has 0 saturated carbocycles. The van der Waals surface area contributed by atoms with Crippen LogP contribution in [0.3, 0.4) is 0 Å². The highest BCUT2D eigenvalue weighted by molar-refractivity contribution is 7.92. The molecule has 17 heteroatoms. The van der Waals surface area contributed by atoms with Crippen LogP contribution in [0.1, 0.15) is 0 Å². The third kappa shape index (κ3) is 7.46. The Bertz CT molecular complexity index is 1780. The molecular formula is C27H26F5N7O4S. The van der Waals surface area contributed by atoms with Gasteiger partial charge in [0.2, 0.25) is 0 Å². The van der Waals surface area contributed by atoms with Gasteiger partial charge in [-0.15, -0.1) is 0 Å². The lowest BCUT2D eigenvalue weighted by molar-refractivity contribution is -0.192. The van der Waals surface area contributed by atoms with E-state index < -0.39 is 38.7 Å². The van der Waals surface area contributed by atoms with Gasteiger partial charge in [-0.3, -0.25) is 4.72 Å². The predicted octanol–water partition coefficient (Wildman–Crippen LogP) is 3.88. The van der Waals surface area contributed by atoms with Crippen molar-refractivity contribution in [2.75, 3.05) is 54.8 Å². The molecule has 1 aliphatic heterocycles. The third-order valence-corrected chi connectivity index (χ3v) is 7.72. The van der Waals surface area contributed by atoms with Crippen molar-refractivity contribution in [3.63, 3.8) is 0 Å². The molecule has 5 rings (SSSR count). The maximum absolute atomic E-state index is 14.3. The van der Waals surface area contributed by atoms with Gasteiger partial charge in [-0.2, -0.15) is 13.2 Å². The maximum Gasteiger partial charge on any atom is 0.490 e. The maximum atomic E-state index is 14.3. The topological polar surface area (TPSA) is 141 Å². The number of halogens is 5. The summed E-state index contributed by atoms with van der Waals surface area (Å²) in [5.41, 5.74) is 2.36. The van der Waals surface area contributed by atoms with Gasteiger partial charge in [0, 0.05) is 63.5 Å². The van der Waals surface area contributed by atoms with E-state index in [0.717, 1.165) is 60.6 Å². The number of carboxylic acids is 1. The number of aliphatic carboxylic acids is 1. The number of aromatic nitrogens is 3. The van der Waals surface area contributed by atoms with E-state index in [1.54, 1.807) is 37.6 Å². The van der Waals surface area contributed by atoms with Crippen LogP contribution in [-0.4, -0.2) is 80.9 Å². The number of alkyl halides is 3. The standard InChI is InChI=1S/C25H25F2N7O2S.C2HF3O2/c1-33(2)25-22(32-37(35,36)23-6-4-18(26)13-20(23)27)12-17(14-29-25)16-3-5-21-19(11-16)24(31-15-30-21)34-9-7-28-8-10-34;3-2(4,5)1(6)7/h3-6,11-15,28,32H,7-10H2,1-2H3;(H,6,7). The Hall–Kier alpha value is -4.64. The molecule has 0 amide bonds. The van der Waals surface area contributed by atoms with Crippen molar-refractivity contribution in [2.45, 2.75) is 11.1 Å². The molecular weight excluding hydrogens is 613 g/mol. The zero-order valence-corrected chi connectivity index (χ0v) is 24.0. The summed E-state index contributed by atoms with van der Waals surface area (Å²) in [5, 5.41) is 11.3. The van der Waals surface area contributed by atoms with Crippen molar-refractivity contribution in [1.29, 1.82) is 0 Å². The minimum absolute atomic E-state index is 0.151. The molecule has 0 aliphatic carbocycles. The number of anilines is 3. The number of hydrogen-bond acceptors (Lipinski definition) is 9. The number of nitrogens with zero attached hydrogens (tertiary/aromatic N) is 5. The number of pyridine rings is 1. The Kier molecular flexibility index (Phi) is 9.48. The smallest absolute Gasteiger partial charge is 0.475 e. The molecule has 2 aromatic heterocycles. The first kappa shape index (κ1) is 32.3. The molecule has 3 N–H and O–H groups in total. The van der Waals surface area contributed by atoms with Crippen LogP contribution in [0.4, 0.5) is 39.3 Å². The van der Waals surface area contributed by atoms with Crippen molar-refractivity contribution >= 4 is 44.2 Å². The number of nitrogens with one attached hydrogen (secondary N) is 2. The Morgan fingerprint density at radius 3 is 2.30 bits per heavy atom. The van der Waals surface area contributed by atoms with Gasteiger partial charge in [0.1, 0.15) is 28.7 Å². The number of hydrogen-bond donors (Lipinski definition) is 3. The van der Waals surface area contributed by atoms with Gasteiger partial charge in [0.05, 0.1) is 11.2 Å². The Morgan fingerprint density at radius 2 is 1.68 bits per heavy atom. The van der Waals surface area contributed by atoms with Crippen molar-refractivity contribution in [1.82, 2.24) is 20.3 Å². The molecule has 4 aromatic rings. The number of piperazine rings is 1. The van der Waals surface area contributed by atoms with Crippen molar-refractivity contribution < 1.29 is 40.3 Å². The summed E-state index contributed by atoms with van der Waals surface area (Å²) in [7, 11) is -0.935. The second-order valence-corrected chi connectivity index (χ2v) is 11.3. The van der Waals surface area contributed by atoms with E-state index >= 15 is 0 Å². The van der Waals surface area contributed by atoms with Crippen LogP contribution in [0.15, 0.2) is 59.9 Å². The summed E-state index contributed by atoms with van der Waals surface area (Å²) in [6.07, 6.45) is -1.89. The molecule has 0 bridgehead atoms. The lowest BCUT2D eigenvalue weighted by Gasteiger charge is -2.29. The first-order valence-corrected chi connectivity index (χ1v) is 14.3. The van der Waals surface area contributed by atoms with Crippen LogP contribution in [0.25, 0.3) is 22.0 Å². The highest BCUT2D eigenvalue weighted by Gasteiger charge is 2.38. The molecule has 0 unspecified atom stereocenters. The number of sulfonamides is 1. The van der Waals surface area contributed by atoms with Gasteiger partial charge in [0.25, 0.3) is 10.0 Å². The number of fused-ring (bicyclic) bond motifs is 1. The van der Waals surface area contributed by atoms with Gasteiger partial charge in [-0.25, -0.2) is 36.9 Å². The summed E-state index contributed by atoms with van der Waals surface area (Å²) in [4.78, 5) is 25.5. The highest BCUT2D eigenvalue weighted by atomic mass is 32.2. The number of carbonyl (C=O) groups is 1. The molecule has 1 saturated heterocycles. The lowest BCUT2D eigenvalue weighted by Crippen LogP contribution is -2.44. The normalized spacial score (nSPS) is 13.7. The fraction of sp³-hybridized carbons (Fsp3) is 0.259. The van der Waals surface area contributed by atoms with E-state index in [1.165, 1.54) is 0 Å². The highest BCUT2D eigenvalue weighted by Crippen LogP contribution is 2.33. The predicted molar refractivity (Wildman–Crippen MR) is 153 cm³/mol. The molecule has 0 radical (unpaired) electrons. The van der Waals surface area contributed by atoms with E-state index in [1.807, 2.05) is 18.2 Å². The van der Waals surface area contributed by atoms with Crippen LogP contribution in [-0.2, 0) is 14.8 Å². The molecule has 1 fully saturated rings. The van der Waals surface area contributed by atoms with E-state index in [4.69, 9.17) is 9.90 Å². The van der Waals surface area contributed by atoms with E-state index in [0.29, 0.717) is 17.4 Å². The largest absolute Gasteiger partial charge is 0.490 e. The first-order valence-electron chi connectivity index (χ1n) is 12.8. The molecule has 44 heavy (non-hydrogen) atoms. The number of benzene rings is 2. The fourth-order valence-corrected chi connectivity index (χ4v) is 5.40. The fourth-order valence-electron chi connectivity index (χ4n) is 4.29. The molecule has 0 atom stereocenters. The quantitative estimate of drug-likeness (QED) is 0.266. The van der Waals surface area contributed by atoms with Crippen molar-refractivity contribution in [3.8, 4) is 11.1 Å². The molecule has 11 nitrogen and oxygen atoms in total. The van der Waals surface area contributed by atoms with Crippen LogP contribution in [0.2, 0.25) is 0 Å². The third-order valence-electron chi connectivity index (χ3n) is 6.32. The average Bonchev–Trinajstić information content (AvgIpc) is 2.96. The Balaban J connectivity index is 0.000000566. The minimum atomic E-state index is -5.08. The van der Waals surface area contributed by atoms with Crippen molar-refractivity contribution in [3.05, 3.63) is 66.6 Å². The molecule has 2 aromatic carbocycles. The van der Waals surface area contributed by atoms with E-state index in [-0.39, 0.29) is 5.69 Å². The molecule has 234 valence electrons. The summed E-state index contributed by atoms with van der Waals surface area (Å²) >= 11 is 0. The van der Waals surface area contributed by atoms with Gasteiger partial charge in [0.15, 0.2) is 5.82 Å². The molecule has 0 spiro atoms. The summed E-state index contributed by atoms with van der Waals surface area (Å²) in [5.74, 6) is -3.64. The number of rotatable bonds is 6. The van der Waals surface area contributed by atoms with Crippen LogP contribution in [0.5, 0.6) is 0 Å². The van der Waals surface area contributed by atoms with Gasteiger partial charge >= 0.3 is 12.1 Å². The van der Waals surface area contributed by atoms with Crippen LogP contribution >= 0.6 is 0 Å². The number of carboxylic acid groups (broad SMARTS) is 1. The molecule has 1 aliphatic rings. The lowest BCUT2D eigenvalue weighted by atomic mass is 10.0. The van der Waals surface area contributed by atoms with Gasteiger partial charge in [-0.1, -0.05) is 6.07 Å². The summed E-state index contributed by atoms with van der Waals surface area (Å²) < 4.78 is 87.8. The molecule has 3 heterocycles. The van der Waals surface area contributed by atoms with Gasteiger partial charge in [-0.05, 0) is 35.9 Å². The second-order valence-electron chi connectivity index (χ2n) is 9.64. The zero-order valence-electron chi connectivity index (χ0n) is 23.2. The monoisotopic (exact) mass is 639 g/mol. The van der Waals surface area contributed by atoms with Crippen molar-refractivity contribution in [2.24, 2.45) is 0 Å².